The average Bonchev–Trinajstić information content (AvgIpc) is 3.23. The van der Waals surface area contributed by atoms with Crippen LogP contribution in [0.3, 0.4) is 0 Å². The van der Waals surface area contributed by atoms with Crippen LogP contribution in [-0.4, -0.2) is 63.2 Å². The number of piperazine rings is 1. The number of fused-ring (bicyclic) bond motifs is 1. The van der Waals surface area contributed by atoms with Crippen molar-refractivity contribution < 1.29 is 24.1 Å². The number of aromatic amines is 1. The maximum atomic E-state index is 13.1. The van der Waals surface area contributed by atoms with Crippen LogP contribution >= 0.6 is 0 Å². The van der Waals surface area contributed by atoms with E-state index in [0.29, 0.717) is 6.61 Å². The molecule has 1 aliphatic heterocycles. The number of aromatic nitrogens is 1. The number of ketones is 1. The highest BCUT2D eigenvalue weighted by Gasteiger charge is 2.32. The first-order valence-electron chi connectivity index (χ1n) is 10.7. The summed E-state index contributed by atoms with van der Waals surface area (Å²) in [4.78, 5) is 19.2. The number of rotatable bonds is 8. The summed E-state index contributed by atoms with van der Waals surface area (Å²) in [5.74, 6) is 1.94. The van der Waals surface area contributed by atoms with Crippen molar-refractivity contribution in [1.29, 1.82) is 0 Å². The highest BCUT2D eigenvalue weighted by atomic mass is 16.5. The number of carbonyl (C=O) groups excluding carboxylic acids is 1. The summed E-state index contributed by atoms with van der Waals surface area (Å²) in [5, 5.41) is 1.02. The van der Waals surface area contributed by atoms with Gasteiger partial charge in [0.1, 0.15) is 56.9 Å². The molecule has 158 valence electrons. The zero-order chi connectivity index (χ0) is 20.9. The number of carbonyl (C=O) groups is 1. The number of methoxy groups -OCH3 is 1. The van der Waals surface area contributed by atoms with Gasteiger partial charge < -0.3 is 24.3 Å². The van der Waals surface area contributed by atoms with Gasteiger partial charge in [-0.3, -0.25) is 4.79 Å². The molecule has 0 bridgehead atoms. The van der Waals surface area contributed by atoms with Crippen LogP contribution in [0.2, 0.25) is 0 Å². The smallest absolute Gasteiger partial charge is 0.221 e. The van der Waals surface area contributed by atoms with Gasteiger partial charge in [-0.25, -0.2) is 0 Å². The fourth-order valence-corrected chi connectivity index (χ4v) is 4.29. The second kappa shape index (κ2) is 9.32. The van der Waals surface area contributed by atoms with E-state index in [2.05, 4.69) is 11.9 Å². The van der Waals surface area contributed by atoms with Gasteiger partial charge >= 0.3 is 0 Å². The van der Waals surface area contributed by atoms with Gasteiger partial charge in [0.2, 0.25) is 5.78 Å². The fourth-order valence-electron chi connectivity index (χ4n) is 4.29. The number of para-hydroxylation sites is 1. The van der Waals surface area contributed by atoms with Gasteiger partial charge in [-0.15, -0.1) is 0 Å². The van der Waals surface area contributed by atoms with Crippen molar-refractivity contribution in [3.8, 4) is 11.5 Å². The third-order valence-electron chi connectivity index (χ3n) is 6.24. The minimum atomic E-state index is -0.0266. The first-order chi connectivity index (χ1) is 14.7. The molecule has 2 heterocycles. The van der Waals surface area contributed by atoms with E-state index in [1.54, 1.807) is 12.0 Å². The summed E-state index contributed by atoms with van der Waals surface area (Å²) in [6.07, 6.45) is 1.86. The van der Waals surface area contributed by atoms with Crippen molar-refractivity contribution in [3.05, 3.63) is 60.3 Å². The third kappa shape index (κ3) is 4.50. The number of hydrogen-bond acceptors (Lipinski definition) is 3. The molecule has 1 saturated heterocycles. The van der Waals surface area contributed by atoms with Crippen LogP contribution in [0.4, 0.5) is 0 Å². The lowest BCUT2D eigenvalue weighted by Gasteiger charge is -2.32. The maximum absolute atomic E-state index is 13.1. The Morgan fingerprint density at radius 1 is 1.03 bits per heavy atom. The van der Waals surface area contributed by atoms with Gasteiger partial charge in [-0.1, -0.05) is 18.2 Å². The Bertz CT molecular complexity index is 975. The lowest BCUT2D eigenvalue weighted by molar-refractivity contribution is -1.02. The topological polar surface area (TPSA) is 60.2 Å². The van der Waals surface area contributed by atoms with Crippen LogP contribution in [0.25, 0.3) is 10.9 Å². The molecule has 1 aromatic heterocycles. The average molecular weight is 410 g/mol. The van der Waals surface area contributed by atoms with E-state index in [0.717, 1.165) is 60.7 Å². The number of Topliss-reactive ketones (excluding diaryl/α,β-unsaturated/α-hetero) is 1. The van der Waals surface area contributed by atoms with Crippen molar-refractivity contribution in [1.82, 2.24) is 4.98 Å². The molecule has 6 heteroatoms. The molecule has 0 unspecified atom stereocenters. The summed E-state index contributed by atoms with van der Waals surface area (Å²) in [6.45, 7) is 7.88. The van der Waals surface area contributed by atoms with E-state index < -0.39 is 0 Å². The van der Waals surface area contributed by atoms with E-state index >= 15 is 0 Å². The normalized spacial score (nSPS) is 20.1. The number of H-pyrrole nitrogens is 1. The lowest BCUT2D eigenvalue weighted by Crippen LogP contribution is -3.30. The highest BCUT2D eigenvalue weighted by molar-refractivity contribution is 6.09. The van der Waals surface area contributed by atoms with E-state index in [1.165, 1.54) is 4.90 Å². The predicted molar refractivity (Wildman–Crippen MR) is 117 cm³/mol. The minimum absolute atomic E-state index is 0.0266. The van der Waals surface area contributed by atoms with Gasteiger partial charge in [0.25, 0.3) is 0 Å². The number of benzene rings is 2. The second-order valence-electron chi connectivity index (χ2n) is 8.02. The third-order valence-corrected chi connectivity index (χ3v) is 6.24. The Hall–Kier alpha value is -2.83. The van der Waals surface area contributed by atoms with Crippen LogP contribution in [0.5, 0.6) is 11.5 Å². The van der Waals surface area contributed by atoms with Gasteiger partial charge in [-0.2, -0.15) is 0 Å². The summed E-state index contributed by atoms with van der Waals surface area (Å²) in [7, 11) is 1.66. The number of hydrogen-bond donors (Lipinski definition) is 3. The van der Waals surface area contributed by atoms with E-state index in [4.69, 9.17) is 9.47 Å². The maximum Gasteiger partial charge on any atom is 0.221 e. The second-order valence-corrected chi connectivity index (χ2v) is 8.02. The lowest BCUT2D eigenvalue weighted by atomic mass is 10.0. The molecule has 0 radical (unpaired) electrons. The molecular weight excluding hydrogens is 378 g/mol. The van der Waals surface area contributed by atoms with Crippen molar-refractivity contribution in [2.45, 2.75) is 13.0 Å². The zero-order valence-electron chi connectivity index (χ0n) is 17.7. The summed E-state index contributed by atoms with van der Waals surface area (Å²) in [6, 6.07) is 15.7. The SMILES string of the molecule is COc1ccc(OCC[NH+]2CC[NH+]([C@H](C)C(=O)c3c[nH]c4ccccc34)CC2)cc1. The minimum Gasteiger partial charge on any atom is -0.497 e. The monoisotopic (exact) mass is 409 g/mol. The molecule has 4 rings (SSSR count). The van der Waals surface area contributed by atoms with Crippen molar-refractivity contribution >= 4 is 16.7 Å². The van der Waals surface area contributed by atoms with E-state index in [-0.39, 0.29) is 11.8 Å². The van der Waals surface area contributed by atoms with Crippen LogP contribution in [0.15, 0.2) is 54.7 Å². The summed E-state index contributed by atoms with van der Waals surface area (Å²) in [5.41, 5.74) is 1.84. The number of quaternary nitrogens is 2. The number of nitrogens with one attached hydrogen (secondary N) is 3. The van der Waals surface area contributed by atoms with Crippen molar-refractivity contribution in [2.24, 2.45) is 0 Å². The summed E-state index contributed by atoms with van der Waals surface area (Å²) < 4.78 is 11.0. The van der Waals surface area contributed by atoms with Crippen LogP contribution in [0, 0.1) is 0 Å². The molecule has 3 N–H and O–H groups in total. The Kier molecular flexibility index (Phi) is 6.35. The highest BCUT2D eigenvalue weighted by Crippen LogP contribution is 2.19. The molecule has 6 nitrogen and oxygen atoms in total. The van der Waals surface area contributed by atoms with Crippen molar-refractivity contribution in [3.63, 3.8) is 0 Å². The van der Waals surface area contributed by atoms with E-state index in [9.17, 15) is 4.79 Å². The molecule has 0 amide bonds. The Labute approximate surface area is 177 Å². The Balaban J connectivity index is 1.25. The largest absolute Gasteiger partial charge is 0.497 e. The summed E-state index contributed by atoms with van der Waals surface area (Å²) >= 11 is 0. The Morgan fingerprint density at radius 2 is 1.73 bits per heavy atom. The van der Waals surface area contributed by atoms with Gasteiger partial charge in [0.05, 0.1) is 7.11 Å². The van der Waals surface area contributed by atoms with Crippen LogP contribution < -0.4 is 19.3 Å². The molecule has 0 spiro atoms. The molecule has 0 aliphatic carbocycles. The molecule has 1 aliphatic rings. The predicted octanol–water partition coefficient (Wildman–Crippen LogP) is 0.610. The van der Waals surface area contributed by atoms with Crippen molar-refractivity contribution in [2.75, 3.05) is 46.4 Å². The molecule has 30 heavy (non-hydrogen) atoms. The Morgan fingerprint density at radius 3 is 2.47 bits per heavy atom. The van der Waals surface area contributed by atoms with Crippen LogP contribution in [0.1, 0.15) is 17.3 Å². The van der Waals surface area contributed by atoms with Gasteiger partial charge in [-0.05, 0) is 37.3 Å². The molecule has 2 aromatic carbocycles. The van der Waals surface area contributed by atoms with Gasteiger partial charge in [0, 0.05) is 22.7 Å². The molecule has 3 aromatic rings. The number of ether oxygens (including phenoxy) is 2. The fraction of sp³-hybridized carbons (Fsp3) is 0.375. The zero-order valence-corrected chi connectivity index (χ0v) is 17.7. The first kappa shape index (κ1) is 20.4. The molecular formula is C24H31N3O3+2. The van der Waals surface area contributed by atoms with Crippen LogP contribution in [-0.2, 0) is 0 Å². The standard InChI is InChI=1S/C24H29N3O3/c1-18(24(28)22-17-25-23-6-4-3-5-21(22)23)27-13-11-26(12-14-27)15-16-30-20-9-7-19(29-2)8-10-20/h3-10,17-18,25H,11-16H2,1-2H3/p+2/t18-/m1/s1. The molecule has 0 saturated carbocycles. The molecule has 1 atom stereocenters. The first-order valence-corrected chi connectivity index (χ1v) is 10.7. The molecule has 1 fully saturated rings. The quantitative estimate of drug-likeness (QED) is 0.478. The van der Waals surface area contributed by atoms with E-state index in [1.807, 2.05) is 54.7 Å². The van der Waals surface area contributed by atoms with Gasteiger partial charge in [0.15, 0.2) is 0 Å².